The maximum Gasteiger partial charge on any atom is 0.164 e. The van der Waals surface area contributed by atoms with Crippen LogP contribution in [0.1, 0.15) is 0 Å². The molecular formula is C93H59N7. The van der Waals surface area contributed by atoms with Crippen LogP contribution in [0.15, 0.2) is 358 Å². The van der Waals surface area contributed by atoms with Gasteiger partial charge in [-0.3, -0.25) is 0 Å². The number of hydrogen-bond donors (Lipinski definition) is 0. The summed E-state index contributed by atoms with van der Waals surface area (Å²) in [5.41, 5.74) is 25.3. The Balaban J connectivity index is 0.710. The van der Waals surface area contributed by atoms with Crippen LogP contribution in [0.5, 0.6) is 0 Å². The van der Waals surface area contributed by atoms with Crippen LogP contribution in [-0.2, 0) is 0 Å². The van der Waals surface area contributed by atoms with Crippen molar-refractivity contribution in [1.82, 2.24) is 33.2 Å². The van der Waals surface area contributed by atoms with E-state index in [0.717, 1.165) is 94.9 Å². The van der Waals surface area contributed by atoms with E-state index in [0.29, 0.717) is 17.5 Å². The van der Waals surface area contributed by atoms with Crippen molar-refractivity contribution in [3.8, 4) is 101 Å². The molecule has 0 spiro atoms. The fourth-order valence-corrected chi connectivity index (χ4v) is 15.6. The second-order valence-corrected chi connectivity index (χ2v) is 25.9. The Kier molecular flexibility index (Phi) is 13.1. The maximum absolute atomic E-state index is 5.49. The molecule has 0 radical (unpaired) electrons. The van der Waals surface area contributed by atoms with Crippen LogP contribution < -0.4 is 0 Å². The molecule has 100 heavy (non-hydrogen) atoms. The number of benzene rings is 15. The third-order valence-electron chi connectivity index (χ3n) is 20.2. The van der Waals surface area contributed by atoms with Crippen molar-refractivity contribution in [3.05, 3.63) is 358 Å². The third-order valence-corrected chi connectivity index (χ3v) is 20.2. The first-order valence-electron chi connectivity index (χ1n) is 34.1. The van der Waals surface area contributed by atoms with Gasteiger partial charge in [0.15, 0.2) is 17.5 Å². The smallest absolute Gasteiger partial charge is 0.164 e. The summed E-state index contributed by atoms with van der Waals surface area (Å²) in [5.74, 6) is 1.72. The van der Waals surface area contributed by atoms with Crippen molar-refractivity contribution in [2.45, 2.75) is 0 Å². The second-order valence-electron chi connectivity index (χ2n) is 25.9. The normalized spacial score (nSPS) is 11.8. The molecule has 0 aliphatic heterocycles. The molecule has 20 rings (SSSR count). The maximum atomic E-state index is 5.49. The number of nitrogens with zero attached hydrogens (tertiary/aromatic N) is 7. The lowest BCUT2D eigenvalue weighted by atomic mass is 9.94. The Morgan fingerprint density at radius 3 is 0.790 bits per heavy atom. The molecule has 0 saturated heterocycles. The molecule has 0 bridgehead atoms. The summed E-state index contributed by atoms with van der Waals surface area (Å²) in [6.45, 7) is 0. The summed E-state index contributed by atoms with van der Waals surface area (Å²) in [6.07, 6.45) is 0. The van der Waals surface area contributed by atoms with Gasteiger partial charge < -0.3 is 18.3 Å². The highest BCUT2D eigenvalue weighted by Crippen LogP contribution is 2.43. The highest BCUT2D eigenvalue weighted by molar-refractivity contribution is 6.15. The lowest BCUT2D eigenvalue weighted by Gasteiger charge is -2.14. The van der Waals surface area contributed by atoms with E-state index in [1.807, 2.05) is 0 Å². The molecule has 0 amide bonds. The van der Waals surface area contributed by atoms with Crippen LogP contribution in [0.4, 0.5) is 0 Å². The van der Waals surface area contributed by atoms with E-state index in [9.17, 15) is 0 Å². The SMILES string of the molecule is c1ccc(-c2ccccc2-c2cccc(-c3nc(-c4cccc(-n5c6ccccc6c6cc(-c7ccc8c(c7)c7ccccc7n8-c7ccccc7)ccc65)c4)nc(-c4cccc(-n5c6ccccc6c6cc(-c7ccc8c(c7)c7ccccc7n8-c7ccccc7)ccc65)c4)n3)c2)cc1. The summed E-state index contributed by atoms with van der Waals surface area (Å²) in [5, 5.41) is 9.61. The van der Waals surface area contributed by atoms with E-state index in [-0.39, 0.29) is 0 Å². The first-order valence-corrected chi connectivity index (χ1v) is 34.1. The molecule has 0 saturated carbocycles. The van der Waals surface area contributed by atoms with Crippen LogP contribution in [0.25, 0.3) is 189 Å². The van der Waals surface area contributed by atoms with Crippen molar-refractivity contribution >= 4 is 87.2 Å². The van der Waals surface area contributed by atoms with Gasteiger partial charge in [0.25, 0.3) is 0 Å². The van der Waals surface area contributed by atoms with E-state index in [2.05, 4.69) is 376 Å². The van der Waals surface area contributed by atoms with Crippen LogP contribution in [0.2, 0.25) is 0 Å². The monoisotopic (exact) mass is 1270 g/mol. The van der Waals surface area contributed by atoms with Crippen LogP contribution in [0, 0.1) is 0 Å². The van der Waals surface area contributed by atoms with Gasteiger partial charge in [-0.2, -0.15) is 0 Å². The predicted octanol–water partition coefficient (Wildman–Crippen LogP) is 23.9. The van der Waals surface area contributed by atoms with Gasteiger partial charge >= 0.3 is 0 Å². The van der Waals surface area contributed by atoms with Crippen LogP contribution in [-0.4, -0.2) is 33.2 Å². The van der Waals surface area contributed by atoms with Crippen molar-refractivity contribution in [1.29, 1.82) is 0 Å². The van der Waals surface area contributed by atoms with Gasteiger partial charge in [0, 0.05) is 82.5 Å². The Labute approximate surface area is 576 Å². The average molecular weight is 1270 g/mol. The molecule has 0 fully saturated rings. The highest BCUT2D eigenvalue weighted by Gasteiger charge is 2.22. The molecule has 5 aromatic heterocycles. The van der Waals surface area contributed by atoms with Gasteiger partial charge in [-0.25, -0.2) is 15.0 Å². The molecule has 0 aliphatic rings. The topological polar surface area (TPSA) is 58.4 Å². The minimum absolute atomic E-state index is 0.571. The standard InChI is InChI=1S/C93H59N7/c1-4-23-60(24-5-1)73-35-10-11-36-74(73)65-25-20-26-66(53-65)91-94-92(67-27-21-33-71(54-67)99-85-43-18-14-39-77(85)81-58-63(47-51-89(81)99)61-45-49-87-79(56-61)75-37-12-16-41-83(75)97(87)69-29-6-2-7-30-69)96-93(95-91)68-28-22-34-72(55-68)100-86-44-19-15-40-78(86)82-59-64(48-52-90(82)100)62-46-50-88-80(57-62)76-38-13-17-42-84(76)98(88)70-31-8-3-9-32-70/h1-59H. The quantitative estimate of drug-likeness (QED) is 0.130. The summed E-state index contributed by atoms with van der Waals surface area (Å²) < 4.78 is 9.51. The van der Waals surface area contributed by atoms with Gasteiger partial charge in [-0.15, -0.1) is 0 Å². The van der Waals surface area contributed by atoms with E-state index in [1.54, 1.807) is 0 Å². The Morgan fingerprint density at radius 1 is 0.150 bits per heavy atom. The van der Waals surface area contributed by atoms with E-state index in [1.165, 1.54) is 76.3 Å². The van der Waals surface area contributed by atoms with Crippen molar-refractivity contribution in [2.75, 3.05) is 0 Å². The van der Waals surface area contributed by atoms with Gasteiger partial charge in [-0.1, -0.05) is 231 Å². The van der Waals surface area contributed by atoms with E-state index >= 15 is 0 Å². The Morgan fingerprint density at radius 2 is 0.410 bits per heavy atom. The molecule has 15 aromatic carbocycles. The lowest BCUT2D eigenvalue weighted by molar-refractivity contribution is 1.07. The van der Waals surface area contributed by atoms with Crippen LogP contribution >= 0.6 is 0 Å². The lowest BCUT2D eigenvalue weighted by Crippen LogP contribution is -2.02. The number of hydrogen-bond acceptors (Lipinski definition) is 3. The van der Waals surface area contributed by atoms with Crippen LogP contribution in [0.3, 0.4) is 0 Å². The first-order chi connectivity index (χ1) is 49.6. The number of fused-ring (bicyclic) bond motifs is 12. The van der Waals surface area contributed by atoms with Gasteiger partial charge in [0.1, 0.15) is 0 Å². The summed E-state index contributed by atoms with van der Waals surface area (Å²) in [6, 6.07) is 129. The minimum atomic E-state index is 0.571. The summed E-state index contributed by atoms with van der Waals surface area (Å²) >= 11 is 0. The highest BCUT2D eigenvalue weighted by atomic mass is 15.0. The molecular weight excluding hydrogens is 1220 g/mol. The number of rotatable bonds is 11. The average Bonchev–Trinajstić information content (AvgIpc) is 1.59. The molecule has 7 nitrogen and oxygen atoms in total. The molecule has 466 valence electrons. The zero-order valence-electron chi connectivity index (χ0n) is 54.2. The predicted molar refractivity (Wildman–Crippen MR) is 415 cm³/mol. The molecule has 0 unspecified atom stereocenters. The van der Waals surface area contributed by atoms with Crippen molar-refractivity contribution in [2.24, 2.45) is 0 Å². The number of para-hydroxylation sites is 6. The fourth-order valence-electron chi connectivity index (χ4n) is 15.6. The van der Waals surface area contributed by atoms with Gasteiger partial charge in [0.2, 0.25) is 0 Å². The fraction of sp³-hybridized carbons (Fsp3) is 0. The Bertz CT molecular complexity index is 6310. The summed E-state index contributed by atoms with van der Waals surface area (Å²) in [7, 11) is 0. The zero-order chi connectivity index (χ0) is 65.8. The third kappa shape index (κ3) is 9.32. The molecule has 0 atom stereocenters. The van der Waals surface area contributed by atoms with E-state index in [4.69, 9.17) is 15.0 Å². The Hall–Kier alpha value is -13.5. The van der Waals surface area contributed by atoms with Crippen molar-refractivity contribution in [3.63, 3.8) is 0 Å². The van der Waals surface area contributed by atoms with Gasteiger partial charge in [-0.05, 0) is 172 Å². The van der Waals surface area contributed by atoms with Gasteiger partial charge in [0.05, 0.1) is 44.1 Å². The molecule has 5 heterocycles. The summed E-state index contributed by atoms with van der Waals surface area (Å²) in [4.78, 5) is 16.4. The molecule has 20 aromatic rings. The largest absolute Gasteiger partial charge is 0.309 e. The number of aromatic nitrogens is 7. The van der Waals surface area contributed by atoms with E-state index < -0.39 is 0 Å². The second kappa shape index (κ2) is 23.1. The zero-order valence-corrected chi connectivity index (χ0v) is 54.2. The molecule has 0 aliphatic carbocycles. The minimum Gasteiger partial charge on any atom is -0.309 e. The van der Waals surface area contributed by atoms with Crippen molar-refractivity contribution < 1.29 is 0 Å². The molecule has 0 N–H and O–H groups in total. The first kappa shape index (κ1) is 56.8. The molecule has 7 heteroatoms.